The lowest BCUT2D eigenvalue weighted by atomic mass is 9.84. The normalized spacial score (nSPS) is 21.8. The molecule has 2 unspecified atom stereocenters. The Labute approximate surface area is 122 Å². The molecular weight excluding hydrogens is 250 g/mol. The van der Waals surface area contributed by atoms with E-state index in [-0.39, 0.29) is 17.7 Å². The molecular formula is C17H27NO2. The van der Waals surface area contributed by atoms with Crippen LogP contribution < -0.4 is 15.2 Å². The molecule has 0 spiro atoms. The van der Waals surface area contributed by atoms with Gasteiger partial charge in [-0.1, -0.05) is 20.8 Å². The van der Waals surface area contributed by atoms with Crippen molar-refractivity contribution in [1.82, 2.24) is 0 Å². The molecule has 1 aliphatic rings. The highest BCUT2D eigenvalue weighted by molar-refractivity contribution is 5.44. The molecule has 0 saturated heterocycles. The van der Waals surface area contributed by atoms with Gasteiger partial charge in [-0.2, -0.15) is 0 Å². The molecule has 0 saturated carbocycles. The molecule has 2 atom stereocenters. The van der Waals surface area contributed by atoms with Gasteiger partial charge in [0.2, 0.25) is 0 Å². The molecule has 3 heteroatoms. The van der Waals surface area contributed by atoms with E-state index < -0.39 is 0 Å². The zero-order valence-corrected chi connectivity index (χ0v) is 13.1. The van der Waals surface area contributed by atoms with Crippen LogP contribution in [0.15, 0.2) is 18.2 Å². The number of ether oxygens (including phenoxy) is 2. The fourth-order valence-corrected chi connectivity index (χ4v) is 2.77. The van der Waals surface area contributed by atoms with Crippen molar-refractivity contribution in [2.75, 3.05) is 0 Å². The monoisotopic (exact) mass is 277 g/mol. The standard InChI is InChI=1S/C17H27NO2/c1-5-12(4)19-13-8-9-16-14(10-13)15(18)11-17(6-2,7-3)20-16/h8-10,12,15H,5-7,11,18H2,1-4H3. The van der Waals surface area contributed by atoms with Crippen molar-refractivity contribution >= 4 is 0 Å². The van der Waals surface area contributed by atoms with Crippen LogP contribution in [-0.2, 0) is 0 Å². The van der Waals surface area contributed by atoms with E-state index in [4.69, 9.17) is 15.2 Å². The first kappa shape index (κ1) is 15.2. The fourth-order valence-electron chi connectivity index (χ4n) is 2.77. The van der Waals surface area contributed by atoms with Gasteiger partial charge in [-0.15, -0.1) is 0 Å². The number of nitrogens with two attached hydrogens (primary N) is 1. The summed E-state index contributed by atoms with van der Waals surface area (Å²) in [6, 6.07) is 6.06. The van der Waals surface area contributed by atoms with Gasteiger partial charge in [-0.25, -0.2) is 0 Å². The molecule has 1 aromatic carbocycles. The van der Waals surface area contributed by atoms with E-state index in [2.05, 4.69) is 27.7 Å². The van der Waals surface area contributed by atoms with E-state index >= 15 is 0 Å². The SMILES string of the molecule is CCC(C)Oc1ccc2c(c1)C(N)CC(CC)(CC)O2. The van der Waals surface area contributed by atoms with Crippen molar-refractivity contribution in [2.45, 2.75) is 71.1 Å². The largest absolute Gasteiger partial charge is 0.491 e. The minimum atomic E-state index is -0.106. The van der Waals surface area contributed by atoms with Crippen molar-refractivity contribution in [3.63, 3.8) is 0 Å². The smallest absolute Gasteiger partial charge is 0.125 e. The quantitative estimate of drug-likeness (QED) is 0.877. The van der Waals surface area contributed by atoms with Crippen LogP contribution in [0.1, 0.15) is 65.0 Å². The molecule has 1 aliphatic heterocycles. The van der Waals surface area contributed by atoms with E-state index in [1.807, 2.05) is 18.2 Å². The molecule has 0 amide bonds. The lowest BCUT2D eigenvalue weighted by Crippen LogP contribution is -2.41. The van der Waals surface area contributed by atoms with E-state index in [1.165, 1.54) is 0 Å². The second kappa shape index (κ2) is 6.04. The third kappa shape index (κ3) is 2.93. The lowest BCUT2D eigenvalue weighted by Gasteiger charge is -2.40. The van der Waals surface area contributed by atoms with Crippen molar-refractivity contribution in [3.8, 4) is 11.5 Å². The molecule has 0 fully saturated rings. The summed E-state index contributed by atoms with van der Waals surface area (Å²) in [6.07, 6.45) is 4.07. The Morgan fingerprint density at radius 2 is 2.05 bits per heavy atom. The van der Waals surface area contributed by atoms with Crippen molar-refractivity contribution in [3.05, 3.63) is 23.8 Å². The molecule has 112 valence electrons. The van der Waals surface area contributed by atoms with Gasteiger partial charge in [0, 0.05) is 18.0 Å². The second-order valence-electron chi connectivity index (χ2n) is 5.84. The summed E-state index contributed by atoms with van der Waals surface area (Å²) in [7, 11) is 0. The van der Waals surface area contributed by atoms with Crippen molar-refractivity contribution in [2.24, 2.45) is 5.73 Å². The first-order chi connectivity index (χ1) is 9.53. The molecule has 20 heavy (non-hydrogen) atoms. The number of benzene rings is 1. The van der Waals surface area contributed by atoms with Crippen LogP contribution in [0.3, 0.4) is 0 Å². The fraction of sp³-hybridized carbons (Fsp3) is 0.647. The minimum Gasteiger partial charge on any atom is -0.491 e. The summed E-state index contributed by atoms with van der Waals surface area (Å²) >= 11 is 0. The van der Waals surface area contributed by atoms with E-state index in [9.17, 15) is 0 Å². The Morgan fingerprint density at radius 1 is 1.35 bits per heavy atom. The molecule has 0 aromatic heterocycles. The Bertz CT molecular complexity index is 454. The maximum atomic E-state index is 6.37. The second-order valence-corrected chi connectivity index (χ2v) is 5.84. The summed E-state index contributed by atoms with van der Waals surface area (Å²) in [5.74, 6) is 1.81. The molecule has 0 aliphatic carbocycles. The summed E-state index contributed by atoms with van der Waals surface area (Å²) in [5.41, 5.74) is 7.34. The van der Waals surface area contributed by atoms with E-state index in [0.717, 1.165) is 42.7 Å². The van der Waals surface area contributed by atoms with Gasteiger partial charge >= 0.3 is 0 Å². The Balaban J connectivity index is 2.26. The van der Waals surface area contributed by atoms with Crippen LogP contribution in [0.2, 0.25) is 0 Å². The Morgan fingerprint density at radius 3 is 2.65 bits per heavy atom. The van der Waals surface area contributed by atoms with E-state index in [1.54, 1.807) is 0 Å². The molecule has 0 radical (unpaired) electrons. The summed E-state index contributed by atoms with van der Waals surface area (Å²) < 4.78 is 12.1. The van der Waals surface area contributed by atoms with Crippen LogP contribution >= 0.6 is 0 Å². The van der Waals surface area contributed by atoms with Gasteiger partial charge in [0.25, 0.3) is 0 Å². The Kier molecular flexibility index (Phi) is 4.59. The Hall–Kier alpha value is -1.22. The van der Waals surface area contributed by atoms with E-state index in [0.29, 0.717) is 0 Å². The maximum absolute atomic E-state index is 6.37. The molecule has 1 aromatic rings. The van der Waals surface area contributed by atoms with Gasteiger partial charge in [0.15, 0.2) is 0 Å². The predicted molar refractivity (Wildman–Crippen MR) is 82.3 cm³/mol. The third-order valence-electron chi connectivity index (χ3n) is 4.50. The van der Waals surface area contributed by atoms with Gasteiger partial charge in [-0.05, 0) is 44.4 Å². The van der Waals surface area contributed by atoms with Crippen LogP contribution in [0, 0.1) is 0 Å². The number of rotatable bonds is 5. The average Bonchev–Trinajstić information content (AvgIpc) is 2.47. The van der Waals surface area contributed by atoms with Gasteiger partial charge in [-0.3, -0.25) is 0 Å². The zero-order chi connectivity index (χ0) is 14.8. The van der Waals surface area contributed by atoms with Gasteiger partial charge in [0.05, 0.1) is 6.10 Å². The third-order valence-corrected chi connectivity index (χ3v) is 4.50. The first-order valence-corrected chi connectivity index (χ1v) is 7.78. The predicted octanol–water partition coefficient (Wildman–Crippen LogP) is 4.21. The molecule has 2 rings (SSSR count). The van der Waals surface area contributed by atoms with Gasteiger partial charge < -0.3 is 15.2 Å². The number of hydrogen-bond donors (Lipinski definition) is 1. The highest BCUT2D eigenvalue weighted by Gasteiger charge is 2.37. The topological polar surface area (TPSA) is 44.5 Å². The molecule has 3 nitrogen and oxygen atoms in total. The minimum absolute atomic E-state index is 0.0270. The first-order valence-electron chi connectivity index (χ1n) is 7.78. The average molecular weight is 277 g/mol. The van der Waals surface area contributed by atoms with Crippen LogP contribution in [0.5, 0.6) is 11.5 Å². The lowest BCUT2D eigenvalue weighted by molar-refractivity contribution is 0.0280. The number of fused-ring (bicyclic) bond motifs is 1. The highest BCUT2D eigenvalue weighted by atomic mass is 16.5. The summed E-state index contributed by atoms with van der Waals surface area (Å²) in [5, 5.41) is 0. The number of hydrogen-bond acceptors (Lipinski definition) is 3. The maximum Gasteiger partial charge on any atom is 0.125 e. The molecule has 2 N–H and O–H groups in total. The van der Waals surface area contributed by atoms with Crippen LogP contribution in [0.4, 0.5) is 0 Å². The molecule has 1 heterocycles. The van der Waals surface area contributed by atoms with Crippen LogP contribution in [0.25, 0.3) is 0 Å². The van der Waals surface area contributed by atoms with Gasteiger partial charge in [0.1, 0.15) is 17.1 Å². The summed E-state index contributed by atoms with van der Waals surface area (Å²) in [4.78, 5) is 0. The van der Waals surface area contributed by atoms with Crippen molar-refractivity contribution in [1.29, 1.82) is 0 Å². The van der Waals surface area contributed by atoms with Crippen molar-refractivity contribution < 1.29 is 9.47 Å². The van der Waals surface area contributed by atoms with Crippen LogP contribution in [-0.4, -0.2) is 11.7 Å². The zero-order valence-electron chi connectivity index (χ0n) is 13.1. The molecule has 0 bridgehead atoms. The highest BCUT2D eigenvalue weighted by Crippen LogP contribution is 2.43. The summed E-state index contributed by atoms with van der Waals surface area (Å²) in [6.45, 7) is 8.53.